The van der Waals surface area contributed by atoms with E-state index < -0.39 is 0 Å². The number of thioether (sulfide) groups is 1. The third-order valence-electron chi connectivity index (χ3n) is 4.81. The number of amides is 1. The van der Waals surface area contributed by atoms with Gasteiger partial charge < -0.3 is 5.32 Å². The molecule has 0 bridgehead atoms. The van der Waals surface area contributed by atoms with Gasteiger partial charge in [-0.1, -0.05) is 55.1 Å². The summed E-state index contributed by atoms with van der Waals surface area (Å²) in [5, 5.41) is 5.35. The fraction of sp³-hybridized carbons (Fsp3) is 0.174. The number of aromatic nitrogens is 2. The maximum Gasteiger partial charge on any atom is 0.276 e. The van der Waals surface area contributed by atoms with Gasteiger partial charge in [0.1, 0.15) is 4.70 Å². The molecule has 0 saturated heterocycles. The Morgan fingerprint density at radius 3 is 2.70 bits per heavy atom. The van der Waals surface area contributed by atoms with Crippen LogP contribution in [0.25, 0.3) is 15.9 Å². The zero-order chi connectivity index (χ0) is 21.1. The lowest BCUT2D eigenvalue weighted by molar-refractivity contribution is -0.113. The van der Waals surface area contributed by atoms with Crippen LogP contribution in [-0.2, 0) is 11.2 Å². The minimum atomic E-state index is -0.128. The highest BCUT2D eigenvalue weighted by molar-refractivity contribution is 7.99. The van der Waals surface area contributed by atoms with Crippen LogP contribution in [0.4, 0.5) is 5.69 Å². The van der Waals surface area contributed by atoms with Crippen molar-refractivity contribution in [1.82, 2.24) is 9.55 Å². The molecule has 0 aliphatic heterocycles. The summed E-state index contributed by atoms with van der Waals surface area (Å²) in [5.41, 5.74) is 4.22. The highest BCUT2D eigenvalue weighted by atomic mass is 32.2. The van der Waals surface area contributed by atoms with Crippen molar-refractivity contribution >= 4 is 44.9 Å². The number of nitrogens with one attached hydrogen (secondary N) is 1. The first-order valence-corrected chi connectivity index (χ1v) is 11.5. The summed E-state index contributed by atoms with van der Waals surface area (Å²) in [6, 6.07) is 17.3. The summed E-state index contributed by atoms with van der Waals surface area (Å²) in [6.07, 6.45) is 0.840. The zero-order valence-corrected chi connectivity index (χ0v) is 18.3. The van der Waals surface area contributed by atoms with Gasteiger partial charge in [-0.3, -0.25) is 14.2 Å². The molecule has 2 aromatic heterocycles. The molecule has 0 unspecified atom stereocenters. The average Bonchev–Trinajstić information content (AvgIpc) is 3.23. The summed E-state index contributed by atoms with van der Waals surface area (Å²) < 4.78 is 2.23. The Morgan fingerprint density at radius 1 is 1.13 bits per heavy atom. The van der Waals surface area contributed by atoms with Crippen LogP contribution in [0.1, 0.15) is 18.1 Å². The smallest absolute Gasteiger partial charge is 0.276 e. The molecular weight excluding hydrogens is 414 g/mol. The lowest BCUT2D eigenvalue weighted by Gasteiger charge is -2.14. The van der Waals surface area contributed by atoms with Gasteiger partial charge in [0.2, 0.25) is 5.91 Å². The van der Waals surface area contributed by atoms with Crippen LogP contribution in [0.2, 0.25) is 0 Å². The maximum absolute atomic E-state index is 13.2. The number of thiophene rings is 1. The Hall–Kier alpha value is -2.90. The van der Waals surface area contributed by atoms with Crippen LogP contribution in [0.15, 0.2) is 69.9 Å². The summed E-state index contributed by atoms with van der Waals surface area (Å²) >= 11 is 2.65. The van der Waals surface area contributed by atoms with Gasteiger partial charge in [0.25, 0.3) is 5.56 Å². The second kappa shape index (κ2) is 8.85. The molecule has 0 aliphatic rings. The Morgan fingerprint density at radius 2 is 1.90 bits per heavy atom. The first kappa shape index (κ1) is 20.4. The van der Waals surface area contributed by atoms with E-state index >= 15 is 0 Å². The number of nitrogens with zero attached hydrogens (tertiary/aromatic N) is 2. The van der Waals surface area contributed by atoms with Crippen molar-refractivity contribution in [3.8, 4) is 5.69 Å². The second-order valence-electron chi connectivity index (χ2n) is 6.80. The average molecular weight is 436 g/mol. The number of hydrogen-bond donors (Lipinski definition) is 1. The van der Waals surface area contributed by atoms with Crippen molar-refractivity contribution < 1.29 is 4.79 Å². The van der Waals surface area contributed by atoms with Crippen molar-refractivity contribution in [2.75, 3.05) is 11.1 Å². The normalized spacial score (nSPS) is 11.0. The number of carbonyl (C=O) groups is 1. The van der Waals surface area contributed by atoms with Crippen LogP contribution in [0, 0.1) is 6.92 Å². The molecule has 7 heteroatoms. The van der Waals surface area contributed by atoms with E-state index in [2.05, 4.69) is 17.2 Å². The second-order valence-corrected chi connectivity index (χ2v) is 8.66. The molecule has 0 spiro atoms. The van der Waals surface area contributed by atoms with Gasteiger partial charge in [0, 0.05) is 5.69 Å². The highest BCUT2D eigenvalue weighted by Gasteiger charge is 2.17. The predicted octanol–water partition coefficient (Wildman–Crippen LogP) is 5.05. The lowest BCUT2D eigenvalue weighted by Crippen LogP contribution is -2.23. The SMILES string of the molecule is CCc1ccccc1NC(=O)CSc1nc2ccsc2c(=O)n1-c1ccccc1C. The van der Waals surface area contributed by atoms with Gasteiger partial charge in [-0.15, -0.1) is 11.3 Å². The summed E-state index contributed by atoms with van der Waals surface area (Å²) in [6.45, 7) is 4.02. The van der Waals surface area contributed by atoms with Crippen molar-refractivity contribution in [2.45, 2.75) is 25.4 Å². The number of anilines is 1. The maximum atomic E-state index is 13.2. The number of carbonyl (C=O) groups excluding carboxylic acids is 1. The molecule has 1 N–H and O–H groups in total. The number of rotatable bonds is 6. The molecule has 5 nitrogen and oxygen atoms in total. The third kappa shape index (κ3) is 4.04. The van der Waals surface area contributed by atoms with E-state index in [1.54, 1.807) is 4.57 Å². The molecular formula is C23H21N3O2S2. The molecule has 0 fully saturated rings. The van der Waals surface area contributed by atoms with Crippen LogP contribution in [0.3, 0.4) is 0 Å². The molecule has 2 aromatic carbocycles. The van der Waals surface area contributed by atoms with E-state index in [4.69, 9.17) is 0 Å². The van der Waals surface area contributed by atoms with Gasteiger partial charge in [0.05, 0.1) is 17.0 Å². The number of fused-ring (bicyclic) bond motifs is 1. The van der Waals surface area contributed by atoms with Gasteiger partial charge in [-0.2, -0.15) is 0 Å². The van der Waals surface area contributed by atoms with Gasteiger partial charge in [-0.05, 0) is 48.1 Å². The van der Waals surface area contributed by atoms with E-state index in [0.29, 0.717) is 15.4 Å². The van der Waals surface area contributed by atoms with Crippen LogP contribution in [-0.4, -0.2) is 21.2 Å². The standard InChI is InChI=1S/C23H21N3O2S2/c1-3-16-9-5-6-10-17(16)24-20(27)14-30-23-25-18-12-13-29-21(18)22(28)26(23)19-11-7-4-8-15(19)2/h4-13H,3,14H2,1-2H3,(H,24,27). The summed E-state index contributed by atoms with van der Waals surface area (Å²) in [7, 11) is 0. The van der Waals surface area contributed by atoms with Crippen LogP contribution in [0.5, 0.6) is 0 Å². The molecule has 0 aliphatic carbocycles. The van der Waals surface area contributed by atoms with Crippen molar-refractivity contribution in [2.24, 2.45) is 0 Å². The first-order chi connectivity index (χ1) is 14.6. The van der Waals surface area contributed by atoms with Crippen LogP contribution < -0.4 is 10.9 Å². The molecule has 0 atom stereocenters. The third-order valence-corrected chi connectivity index (χ3v) is 6.64. The summed E-state index contributed by atoms with van der Waals surface area (Å²) in [4.78, 5) is 30.5. The summed E-state index contributed by atoms with van der Waals surface area (Å²) in [5.74, 6) is 0.0309. The lowest BCUT2D eigenvalue weighted by atomic mass is 10.1. The minimum Gasteiger partial charge on any atom is -0.325 e. The van der Waals surface area contributed by atoms with Crippen LogP contribution >= 0.6 is 23.1 Å². The predicted molar refractivity (Wildman–Crippen MR) is 125 cm³/mol. The topological polar surface area (TPSA) is 64.0 Å². The Labute approximate surface area is 182 Å². The zero-order valence-electron chi connectivity index (χ0n) is 16.7. The van der Waals surface area contributed by atoms with E-state index in [0.717, 1.165) is 28.9 Å². The van der Waals surface area contributed by atoms with Crippen molar-refractivity contribution in [3.05, 3.63) is 81.5 Å². The Balaban J connectivity index is 1.65. The number of aryl methyl sites for hydroxylation is 2. The number of para-hydroxylation sites is 2. The monoisotopic (exact) mass is 435 g/mol. The quantitative estimate of drug-likeness (QED) is 0.340. The van der Waals surface area contributed by atoms with Gasteiger partial charge in [-0.25, -0.2) is 4.98 Å². The van der Waals surface area contributed by atoms with E-state index in [-0.39, 0.29) is 17.2 Å². The molecule has 4 aromatic rings. The van der Waals surface area contributed by atoms with Crippen molar-refractivity contribution in [1.29, 1.82) is 0 Å². The largest absolute Gasteiger partial charge is 0.325 e. The molecule has 4 rings (SSSR count). The Kier molecular flexibility index (Phi) is 6.01. The Bertz CT molecular complexity index is 1280. The molecule has 0 radical (unpaired) electrons. The molecule has 1 amide bonds. The van der Waals surface area contributed by atoms with Crippen molar-refractivity contribution in [3.63, 3.8) is 0 Å². The first-order valence-electron chi connectivity index (χ1n) is 9.65. The molecule has 152 valence electrons. The van der Waals surface area contributed by atoms with E-state index in [1.807, 2.05) is 66.9 Å². The van der Waals surface area contributed by atoms with E-state index in [9.17, 15) is 9.59 Å². The molecule has 30 heavy (non-hydrogen) atoms. The molecule has 0 saturated carbocycles. The number of hydrogen-bond acceptors (Lipinski definition) is 5. The van der Waals surface area contributed by atoms with Gasteiger partial charge in [0.15, 0.2) is 5.16 Å². The highest BCUT2D eigenvalue weighted by Crippen LogP contribution is 2.25. The molecule has 2 heterocycles. The fourth-order valence-electron chi connectivity index (χ4n) is 3.28. The van der Waals surface area contributed by atoms with E-state index in [1.165, 1.54) is 23.1 Å². The van der Waals surface area contributed by atoms with Gasteiger partial charge >= 0.3 is 0 Å². The fourth-order valence-corrected chi connectivity index (χ4v) is 4.85. The minimum absolute atomic E-state index is 0.108. The number of benzene rings is 2.